The number of hydrogen-bond donors (Lipinski definition) is 0. The molecular formula is C65H41N. The van der Waals surface area contributed by atoms with Crippen molar-refractivity contribution in [3.05, 3.63) is 271 Å². The topological polar surface area (TPSA) is 3.24 Å². The molecule has 1 unspecified atom stereocenters. The Hall–Kier alpha value is -8.52. The van der Waals surface area contributed by atoms with Gasteiger partial charge in [-0.15, -0.1) is 0 Å². The van der Waals surface area contributed by atoms with E-state index in [1.54, 1.807) is 0 Å². The van der Waals surface area contributed by atoms with Crippen molar-refractivity contribution in [3.8, 4) is 44.5 Å². The molecule has 0 aliphatic heterocycles. The molecule has 0 aromatic heterocycles. The second-order valence-electron chi connectivity index (χ2n) is 17.9. The summed E-state index contributed by atoms with van der Waals surface area (Å²) in [6.45, 7) is 0. The molecule has 2 aliphatic rings. The van der Waals surface area contributed by atoms with Gasteiger partial charge in [0.15, 0.2) is 0 Å². The maximum Gasteiger partial charge on any atom is 0.0726 e. The monoisotopic (exact) mass is 835 g/mol. The van der Waals surface area contributed by atoms with Gasteiger partial charge in [-0.2, -0.15) is 0 Å². The third-order valence-electron chi connectivity index (χ3n) is 14.6. The van der Waals surface area contributed by atoms with Gasteiger partial charge in [-0.3, -0.25) is 0 Å². The van der Waals surface area contributed by atoms with Crippen LogP contribution >= 0.6 is 0 Å². The Labute approximate surface area is 384 Å². The highest BCUT2D eigenvalue weighted by atomic mass is 15.1. The molecule has 1 heteroatoms. The highest BCUT2D eigenvalue weighted by Crippen LogP contribution is 2.62. The Morgan fingerprint density at radius 1 is 0.258 bits per heavy atom. The Balaban J connectivity index is 1.14. The van der Waals surface area contributed by atoms with Crippen molar-refractivity contribution in [1.29, 1.82) is 0 Å². The molecule has 1 nitrogen and oxygen atoms in total. The van der Waals surface area contributed by atoms with Gasteiger partial charge >= 0.3 is 0 Å². The van der Waals surface area contributed by atoms with Crippen LogP contribution in [0.1, 0.15) is 22.3 Å². The van der Waals surface area contributed by atoms with Crippen molar-refractivity contribution in [2.75, 3.05) is 4.90 Å². The molecular weight excluding hydrogens is 795 g/mol. The minimum absolute atomic E-state index is 0.659. The van der Waals surface area contributed by atoms with Crippen LogP contribution in [0.2, 0.25) is 0 Å². The van der Waals surface area contributed by atoms with E-state index < -0.39 is 5.41 Å². The minimum atomic E-state index is -0.659. The molecule has 0 saturated heterocycles. The maximum absolute atomic E-state index is 2.55. The van der Waals surface area contributed by atoms with Gasteiger partial charge in [0.1, 0.15) is 0 Å². The normalized spacial score (nSPS) is 14.4. The average Bonchev–Trinajstić information content (AvgIpc) is 3.39. The molecule has 1 spiro atoms. The zero-order valence-electron chi connectivity index (χ0n) is 36.1. The molecule has 1 atom stereocenters. The van der Waals surface area contributed by atoms with E-state index in [1.807, 2.05) is 0 Å². The lowest BCUT2D eigenvalue weighted by molar-refractivity contribution is 0.754. The molecule has 0 amide bonds. The van der Waals surface area contributed by atoms with Crippen LogP contribution in [0.15, 0.2) is 249 Å². The summed E-state index contributed by atoms with van der Waals surface area (Å²) in [6, 6.07) is 93.2. The summed E-state index contributed by atoms with van der Waals surface area (Å²) in [5, 5.41) is 9.99. The SMILES string of the molecule is c1ccc(-c2cc3ccccc3cc2N(c2ccc3c(c2)C2(c4ccccc4-c4ccc(-c5ccccc5)c5cccc2c45)c2cccc4cccc-3c24)c2cccc3ccccc23)cc1. The molecule has 0 fully saturated rings. The summed E-state index contributed by atoms with van der Waals surface area (Å²) < 4.78 is 0. The second kappa shape index (κ2) is 14.2. The largest absolute Gasteiger partial charge is 0.309 e. The smallest absolute Gasteiger partial charge is 0.0726 e. The molecule has 12 aromatic rings. The Bertz CT molecular complexity index is 3930. The summed E-state index contributed by atoms with van der Waals surface area (Å²) in [5.41, 5.74) is 17.9. The van der Waals surface area contributed by atoms with E-state index in [0.29, 0.717) is 0 Å². The fourth-order valence-electron chi connectivity index (χ4n) is 11.9. The van der Waals surface area contributed by atoms with Gasteiger partial charge in [-0.25, -0.2) is 0 Å². The molecule has 12 aromatic carbocycles. The van der Waals surface area contributed by atoms with E-state index >= 15 is 0 Å². The molecule has 0 heterocycles. The lowest BCUT2D eigenvalue weighted by atomic mass is 9.55. The molecule has 0 bridgehead atoms. The highest BCUT2D eigenvalue weighted by molar-refractivity contribution is 6.14. The number of hydrogen-bond acceptors (Lipinski definition) is 1. The standard InChI is InChI=1S/C65H41N/c1-3-17-42(18-4-1)49-37-38-55-51-28-11-12-31-57(51)65(59-33-16-30-53(49)64(55)59)58-32-14-26-45-25-13-29-54(63(45)58)52-36-35-48(41-60(52)65)66(61-34-15-24-43-21-9-10-27-50(43)61)62-40-47-23-8-7-22-46(47)39-56(62)44-19-5-2-6-20-44/h1-41H. The van der Waals surface area contributed by atoms with Crippen molar-refractivity contribution in [2.24, 2.45) is 0 Å². The van der Waals surface area contributed by atoms with Gasteiger partial charge in [0, 0.05) is 16.6 Å². The number of rotatable bonds is 5. The number of benzene rings is 12. The van der Waals surface area contributed by atoms with Crippen LogP contribution < -0.4 is 4.90 Å². The first-order valence-electron chi connectivity index (χ1n) is 23.0. The van der Waals surface area contributed by atoms with Crippen LogP contribution in [0.3, 0.4) is 0 Å². The Morgan fingerprint density at radius 3 is 1.59 bits per heavy atom. The van der Waals surface area contributed by atoms with Gasteiger partial charge in [0.25, 0.3) is 0 Å². The van der Waals surface area contributed by atoms with Crippen molar-refractivity contribution in [3.63, 3.8) is 0 Å². The Kier molecular flexibility index (Phi) is 7.97. The van der Waals surface area contributed by atoms with E-state index in [4.69, 9.17) is 0 Å². The first-order chi connectivity index (χ1) is 32.8. The van der Waals surface area contributed by atoms with E-state index in [1.165, 1.54) is 110 Å². The van der Waals surface area contributed by atoms with Crippen LogP contribution in [-0.2, 0) is 5.41 Å². The average molecular weight is 836 g/mol. The second-order valence-corrected chi connectivity index (χ2v) is 17.9. The van der Waals surface area contributed by atoms with Crippen LogP contribution in [0.4, 0.5) is 17.1 Å². The first-order valence-corrected chi connectivity index (χ1v) is 23.0. The number of nitrogens with zero attached hydrogens (tertiary/aromatic N) is 1. The molecule has 306 valence electrons. The van der Waals surface area contributed by atoms with Crippen LogP contribution in [-0.4, -0.2) is 0 Å². The van der Waals surface area contributed by atoms with Gasteiger partial charge in [0.2, 0.25) is 0 Å². The van der Waals surface area contributed by atoms with E-state index in [9.17, 15) is 0 Å². The predicted octanol–water partition coefficient (Wildman–Crippen LogP) is 17.4. The van der Waals surface area contributed by atoms with Crippen molar-refractivity contribution < 1.29 is 0 Å². The van der Waals surface area contributed by atoms with Crippen LogP contribution in [0, 0.1) is 0 Å². The highest BCUT2D eigenvalue weighted by Gasteiger charge is 2.49. The molecule has 0 saturated carbocycles. The lowest BCUT2D eigenvalue weighted by Crippen LogP contribution is -2.36. The van der Waals surface area contributed by atoms with Crippen molar-refractivity contribution in [1.82, 2.24) is 0 Å². The molecule has 66 heavy (non-hydrogen) atoms. The third kappa shape index (κ3) is 5.17. The van der Waals surface area contributed by atoms with Crippen LogP contribution in [0.25, 0.3) is 87.6 Å². The fraction of sp³-hybridized carbons (Fsp3) is 0.0154. The minimum Gasteiger partial charge on any atom is -0.309 e. The molecule has 0 radical (unpaired) electrons. The first kappa shape index (κ1) is 36.9. The zero-order valence-corrected chi connectivity index (χ0v) is 36.1. The predicted molar refractivity (Wildman–Crippen MR) is 278 cm³/mol. The molecule has 14 rings (SSSR count). The quantitative estimate of drug-likeness (QED) is 0.167. The van der Waals surface area contributed by atoms with Gasteiger partial charge < -0.3 is 4.90 Å². The van der Waals surface area contributed by atoms with E-state index in [-0.39, 0.29) is 0 Å². The summed E-state index contributed by atoms with van der Waals surface area (Å²) >= 11 is 0. The number of anilines is 3. The van der Waals surface area contributed by atoms with Crippen LogP contribution in [0.5, 0.6) is 0 Å². The summed E-state index contributed by atoms with van der Waals surface area (Å²) in [4.78, 5) is 2.54. The zero-order chi connectivity index (χ0) is 43.3. The Morgan fingerprint density at radius 2 is 0.773 bits per heavy atom. The van der Waals surface area contributed by atoms with Crippen molar-refractivity contribution in [2.45, 2.75) is 5.41 Å². The lowest BCUT2D eigenvalue weighted by Gasteiger charge is -2.46. The third-order valence-corrected chi connectivity index (χ3v) is 14.6. The van der Waals surface area contributed by atoms with Gasteiger partial charge in [-0.1, -0.05) is 218 Å². The van der Waals surface area contributed by atoms with Gasteiger partial charge in [0.05, 0.1) is 16.8 Å². The molecule has 2 aliphatic carbocycles. The summed E-state index contributed by atoms with van der Waals surface area (Å²) in [5.74, 6) is 0. The summed E-state index contributed by atoms with van der Waals surface area (Å²) in [7, 11) is 0. The fourth-order valence-corrected chi connectivity index (χ4v) is 11.9. The molecule has 0 N–H and O–H groups in total. The maximum atomic E-state index is 2.55. The van der Waals surface area contributed by atoms with E-state index in [0.717, 1.165) is 17.1 Å². The van der Waals surface area contributed by atoms with Crippen molar-refractivity contribution >= 4 is 60.2 Å². The summed E-state index contributed by atoms with van der Waals surface area (Å²) in [6.07, 6.45) is 0. The van der Waals surface area contributed by atoms with E-state index in [2.05, 4.69) is 254 Å². The number of fused-ring (bicyclic) bond motifs is 10. The van der Waals surface area contributed by atoms with Gasteiger partial charge in [-0.05, 0) is 129 Å².